The van der Waals surface area contributed by atoms with Crippen LogP contribution in [0.3, 0.4) is 0 Å². The van der Waals surface area contributed by atoms with Crippen LogP contribution < -0.4 is 156 Å². The average molecular weight is 1160 g/mol. The number of benzene rings is 4. The molecule has 0 saturated carbocycles. The third-order valence-corrected chi connectivity index (χ3v) is 13.7. The molecule has 0 radical (unpaired) electrons. The number of nitrogens with two attached hydrogens (primary N) is 2. The van der Waals surface area contributed by atoms with Gasteiger partial charge in [0.2, 0.25) is 17.2 Å². The first-order chi connectivity index (χ1) is 31.9. The summed E-state index contributed by atoms with van der Waals surface area (Å²) in [6.45, 7) is -0.679. The van der Waals surface area contributed by atoms with Crippen molar-refractivity contribution in [3.05, 3.63) is 78.1 Å². The second-order valence-corrected chi connectivity index (χ2v) is 19.7. The molecular weight excluding hydrogens is 1130 g/mol. The Bertz CT molecular complexity index is 2920. The number of nitrogen functional groups attached to an aromatic ring is 2. The predicted molar refractivity (Wildman–Crippen MR) is 226 cm³/mol. The number of halogens is 1. The van der Waals surface area contributed by atoms with E-state index in [1.165, 1.54) is 66.7 Å². The molecule has 0 aliphatic rings. The topological polar surface area (TPSA) is 433 Å². The summed E-state index contributed by atoms with van der Waals surface area (Å²) in [5.41, 5.74) is 10.7. The van der Waals surface area contributed by atoms with Crippen LogP contribution in [0.5, 0.6) is 0 Å². The minimum absolute atomic E-state index is 0. The molecule has 0 fully saturated rings. The van der Waals surface area contributed by atoms with E-state index < -0.39 is 68.9 Å². The Labute approximate surface area is 509 Å². The molecule has 1 heterocycles. The van der Waals surface area contributed by atoms with Gasteiger partial charge in [0.25, 0.3) is 0 Å². The van der Waals surface area contributed by atoms with E-state index in [2.05, 4.69) is 74.2 Å². The zero-order valence-corrected chi connectivity index (χ0v) is 50.4. The van der Waals surface area contributed by atoms with Gasteiger partial charge in [0.05, 0.1) is 73.4 Å². The summed E-state index contributed by atoms with van der Waals surface area (Å²) in [7, 11) is -13.0. The number of aromatic nitrogens is 3. The van der Waals surface area contributed by atoms with Gasteiger partial charge in [-0.15, -0.1) is 24.0 Å². The molecule has 0 aliphatic carbocycles. The van der Waals surface area contributed by atoms with Crippen molar-refractivity contribution in [3.63, 3.8) is 0 Å². The summed E-state index contributed by atoms with van der Waals surface area (Å²) < 4.78 is 109. The molecule has 0 saturated heterocycles. The molecule has 0 spiro atoms. The Kier molecular flexibility index (Phi) is 31.8. The molecule has 4 aromatic carbocycles. The summed E-state index contributed by atoms with van der Waals surface area (Å²) >= 11 is 6.86. The van der Waals surface area contributed by atoms with E-state index in [1.54, 1.807) is 0 Å². The van der Waals surface area contributed by atoms with Gasteiger partial charge in [0.15, 0.2) is 44.3 Å². The number of hydrogen-bond donors (Lipinski definition) is 4. The van der Waals surface area contributed by atoms with Crippen molar-refractivity contribution < 1.29 is 200 Å². The van der Waals surface area contributed by atoms with E-state index in [4.69, 9.17) is 31.4 Å². The molecule has 0 amide bonds. The van der Waals surface area contributed by atoms with E-state index in [9.17, 15) is 45.6 Å². The molecule has 6 N–H and O–H groups in total. The number of nitrogens with one attached hydrogen (secondary N) is 2. The maximum Gasteiger partial charge on any atom is 1.00 e. The van der Waals surface area contributed by atoms with Crippen molar-refractivity contribution in [2.24, 2.45) is 20.5 Å². The average Bonchev–Trinajstić information content (AvgIpc) is 3.28. The van der Waals surface area contributed by atoms with E-state index in [0.29, 0.717) is 17.7 Å². The monoisotopic (exact) mass is 1160 g/mol. The Hall–Kier alpha value is -1.00. The van der Waals surface area contributed by atoms with Gasteiger partial charge in [-0.3, -0.25) is 23.5 Å². The molecule has 360 valence electrons. The summed E-state index contributed by atoms with van der Waals surface area (Å²) in [4.78, 5) is 11.2. The molecule has 0 bridgehead atoms. The van der Waals surface area contributed by atoms with Crippen LogP contribution in [-0.4, -0.2) is 69.5 Å². The first-order valence-corrected chi connectivity index (χ1v) is 24.5. The minimum atomic E-state index is -5.30. The molecule has 5 rings (SSSR count). The zero-order chi connectivity index (χ0) is 48.6. The standard InChI is InChI=1S/C31H30ClN11O18S6.4Na/c32-29-37-30(35-17-1-6-20(7-2-17)65(47,48)13-11-54-63-60-57-45)39-31(38-29)36-19-5-10-24(62-59-56-44)22(15-19)41-43-28-26(33)23(16-25(27(28)34)67(51,52)53)42-40-18-3-8-21(9-4-18)66(49,50)14-12-55-64-61-58-46;;;;/h1-10,15-16,44-46H,11-14,33-34H2,(H,51,52,53)(H2,35,36,37,38,39);;;;/q;4*+1/p-4. The van der Waals surface area contributed by atoms with Crippen LogP contribution in [0, 0.1) is 0 Å². The number of azo groups is 2. The fraction of sp³-hybridized carbons (Fsp3) is 0.129. The van der Waals surface area contributed by atoms with Gasteiger partial charge in [-0.1, -0.05) is 0 Å². The van der Waals surface area contributed by atoms with Crippen molar-refractivity contribution in [1.29, 1.82) is 0 Å². The van der Waals surface area contributed by atoms with Gasteiger partial charge in [0.1, 0.15) is 27.2 Å². The van der Waals surface area contributed by atoms with Crippen molar-refractivity contribution in [1.82, 2.24) is 15.0 Å². The normalized spacial score (nSPS) is 11.6. The third-order valence-electron chi connectivity index (χ3n) is 7.84. The summed E-state index contributed by atoms with van der Waals surface area (Å²) in [5, 5.41) is 61.3. The van der Waals surface area contributed by atoms with Gasteiger partial charge < -0.3 is 42.4 Å². The van der Waals surface area contributed by atoms with Crippen LogP contribution in [0.15, 0.2) is 113 Å². The summed E-state index contributed by atoms with van der Waals surface area (Å²) in [6.07, 6.45) is 0. The van der Waals surface area contributed by atoms with Crippen molar-refractivity contribution in [3.8, 4) is 0 Å². The van der Waals surface area contributed by atoms with Gasteiger partial charge in [0, 0.05) is 11.4 Å². The molecule has 1 aromatic heterocycles. The second kappa shape index (κ2) is 33.2. The fourth-order valence-electron chi connectivity index (χ4n) is 4.91. The summed E-state index contributed by atoms with van der Waals surface area (Å²) in [5.74, 6) is -1.17. The third kappa shape index (κ3) is 21.5. The molecule has 0 unspecified atom stereocenters. The van der Waals surface area contributed by atoms with Gasteiger partial charge >= 0.3 is 118 Å². The molecule has 0 atom stereocenters. The van der Waals surface area contributed by atoms with Gasteiger partial charge in [-0.05, 0) is 84.4 Å². The van der Waals surface area contributed by atoms with Crippen LogP contribution >= 0.6 is 48.3 Å². The number of rotatable bonds is 26. The van der Waals surface area contributed by atoms with Crippen molar-refractivity contribution in [2.75, 3.05) is 46.8 Å². The molecular formula is C31H26ClN11Na4O18S6. The molecule has 71 heavy (non-hydrogen) atoms. The smallest absolute Gasteiger partial charge is 0.744 e. The Morgan fingerprint density at radius 2 is 1.10 bits per heavy atom. The first-order valence-electron chi connectivity index (χ1n) is 17.3. The quantitative estimate of drug-likeness (QED) is 0.00584. The number of sulfone groups is 2. The number of nitrogens with zero attached hydrogens (tertiary/aromatic N) is 7. The fourth-order valence-corrected chi connectivity index (χ4v) is 8.92. The van der Waals surface area contributed by atoms with Gasteiger partial charge in [-0.25, -0.2) is 25.3 Å². The maximum absolute atomic E-state index is 12.6. The van der Waals surface area contributed by atoms with Crippen molar-refractivity contribution >= 4 is 135 Å². The molecule has 29 nitrogen and oxygen atoms in total. The second-order valence-electron chi connectivity index (χ2n) is 12.0. The number of hydrogen-bond acceptors (Lipinski definition) is 32. The Morgan fingerprint density at radius 1 is 0.606 bits per heavy atom. The summed E-state index contributed by atoms with van der Waals surface area (Å²) in [6, 6.07) is 15.2. The minimum Gasteiger partial charge on any atom is -0.744 e. The van der Waals surface area contributed by atoms with Gasteiger partial charge in [-0.2, -0.15) is 24.4 Å². The van der Waals surface area contributed by atoms with E-state index in [-0.39, 0.29) is 205 Å². The van der Waals surface area contributed by atoms with E-state index >= 15 is 0 Å². The van der Waals surface area contributed by atoms with E-state index in [0.717, 1.165) is 6.07 Å². The SMILES string of the molecule is Nc1c(N=Nc2ccc(S(=O)(=O)CCOSOO[O-])cc2)cc(S(=O)(=O)[O-])c(N)c1N=Nc1cc(Nc2nc(Cl)nc(Nc3ccc(S(=O)(=O)CCOSOO[O-])cc3)n2)ccc1SOO[O-].[Na+].[Na+].[Na+].[Na+]. The van der Waals surface area contributed by atoms with Crippen LogP contribution in [-0.2, 0) is 66.3 Å². The van der Waals surface area contributed by atoms with Crippen LogP contribution in [0.1, 0.15) is 0 Å². The molecule has 40 heteroatoms. The van der Waals surface area contributed by atoms with Crippen LogP contribution in [0.2, 0.25) is 5.28 Å². The number of anilines is 6. The first kappa shape index (κ1) is 68.0. The van der Waals surface area contributed by atoms with Crippen LogP contribution in [0.4, 0.5) is 57.4 Å². The maximum atomic E-state index is 12.6. The van der Waals surface area contributed by atoms with E-state index in [1.807, 2.05) is 0 Å². The van der Waals surface area contributed by atoms with Crippen molar-refractivity contribution in [2.45, 2.75) is 19.6 Å². The zero-order valence-electron chi connectivity index (χ0n) is 36.7. The predicted octanol–water partition coefficient (Wildman–Crippen LogP) is -8.69. The molecule has 5 aromatic rings. The Morgan fingerprint density at radius 3 is 1.62 bits per heavy atom. The van der Waals surface area contributed by atoms with Crippen LogP contribution in [0.25, 0.3) is 0 Å². The largest absolute Gasteiger partial charge is 1.00 e. The Balaban J connectivity index is 0.00000630. The molecule has 0 aliphatic heterocycles.